The Labute approximate surface area is 167 Å². The van der Waals surface area contributed by atoms with E-state index >= 15 is 0 Å². The Bertz CT molecular complexity index is 265. The first-order valence-corrected chi connectivity index (χ1v) is 12.5. The van der Waals surface area contributed by atoms with Crippen LogP contribution >= 0.6 is 0 Å². The van der Waals surface area contributed by atoms with E-state index in [-0.39, 0.29) is 0 Å². The minimum absolute atomic E-state index is 1.02. The number of unbranched alkanes of at least 4 members (excludes halogenated alkanes) is 13. The largest absolute Gasteiger partial charge is 0.0885 e. The molecule has 0 aromatic rings. The van der Waals surface area contributed by atoms with E-state index in [0.29, 0.717) is 0 Å². The molecule has 0 bridgehead atoms. The molecule has 1 atom stereocenters. The smallest absolute Gasteiger partial charge is 0.0351 e. The highest BCUT2D eigenvalue weighted by atomic mass is 14.1. The van der Waals surface area contributed by atoms with Crippen LogP contribution in [-0.2, 0) is 0 Å². The summed E-state index contributed by atoms with van der Waals surface area (Å²) in [5.41, 5.74) is 0. The molecule has 0 saturated carbocycles. The van der Waals surface area contributed by atoms with E-state index in [1.54, 1.807) is 0 Å². The van der Waals surface area contributed by atoms with Gasteiger partial charge in [0.15, 0.2) is 0 Å². The van der Waals surface area contributed by atoms with Crippen LogP contribution in [-0.4, -0.2) is 0 Å². The molecule has 0 aliphatic rings. The van der Waals surface area contributed by atoms with E-state index in [0.717, 1.165) is 5.92 Å². The van der Waals surface area contributed by atoms with E-state index in [9.17, 15) is 0 Å². The topological polar surface area (TPSA) is 0 Å². The Hall–Kier alpha value is -0.260. The van der Waals surface area contributed by atoms with Crippen molar-refractivity contribution in [3.63, 3.8) is 0 Å². The third-order valence-corrected chi connectivity index (χ3v) is 5.79. The Kier molecular flexibility index (Phi) is 22.6. The quantitative estimate of drug-likeness (QED) is 0.140. The highest BCUT2D eigenvalue weighted by Crippen LogP contribution is 2.24. The molecule has 1 unspecified atom stereocenters. The molecule has 0 N–H and O–H groups in total. The third kappa shape index (κ3) is 20.1. The fourth-order valence-electron chi connectivity index (χ4n) is 3.96. The van der Waals surface area contributed by atoms with Crippen LogP contribution in [0.4, 0.5) is 0 Å². The maximum atomic E-state index is 2.41. The molecule has 0 aliphatic heterocycles. The Morgan fingerprint density at radius 3 is 1.42 bits per heavy atom. The predicted molar refractivity (Wildman–Crippen MR) is 122 cm³/mol. The van der Waals surface area contributed by atoms with E-state index < -0.39 is 0 Å². The Morgan fingerprint density at radius 1 is 0.423 bits per heavy atom. The molecule has 0 radical (unpaired) electrons. The van der Waals surface area contributed by atoms with Crippen LogP contribution in [0.2, 0.25) is 0 Å². The van der Waals surface area contributed by atoms with Crippen molar-refractivity contribution in [3.05, 3.63) is 12.2 Å². The highest BCUT2D eigenvalue weighted by molar-refractivity contribution is 4.80. The van der Waals surface area contributed by atoms with Gasteiger partial charge in [0.1, 0.15) is 0 Å². The van der Waals surface area contributed by atoms with E-state index in [4.69, 9.17) is 0 Å². The third-order valence-electron chi connectivity index (χ3n) is 5.79. The number of hydrogen-bond acceptors (Lipinski definition) is 0. The molecular formula is C26H52. The molecular weight excluding hydrogens is 312 g/mol. The zero-order valence-electron chi connectivity index (χ0n) is 18.9. The first-order chi connectivity index (χ1) is 12.8. The summed E-state index contributed by atoms with van der Waals surface area (Å²) >= 11 is 0. The first-order valence-electron chi connectivity index (χ1n) is 12.5. The van der Waals surface area contributed by atoms with Gasteiger partial charge in [0.05, 0.1) is 0 Å². The van der Waals surface area contributed by atoms with Crippen LogP contribution < -0.4 is 0 Å². The average molecular weight is 365 g/mol. The SMILES string of the molecule is CCCC=CCCCCC(CCCCC)CCCCCCCCCCC. The molecule has 0 aromatic heterocycles. The highest BCUT2D eigenvalue weighted by Gasteiger charge is 2.08. The average Bonchev–Trinajstić information content (AvgIpc) is 2.65. The van der Waals surface area contributed by atoms with Crippen molar-refractivity contribution in [2.24, 2.45) is 5.92 Å². The van der Waals surface area contributed by atoms with Crippen LogP contribution in [0.3, 0.4) is 0 Å². The van der Waals surface area contributed by atoms with Crippen molar-refractivity contribution < 1.29 is 0 Å². The normalized spacial score (nSPS) is 12.9. The standard InChI is InChI=1S/C26H52/c1-4-7-10-12-14-15-17-19-22-25-26(23-20-9-6-3)24-21-18-16-13-11-8-5-2/h11,13,26H,4-10,12,14-25H2,1-3H3. The van der Waals surface area contributed by atoms with Crippen molar-refractivity contribution in [1.82, 2.24) is 0 Å². The van der Waals surface area contributed by atoms with Gasteiger partial charge < -0.3 is 0 Å². The fraction of sp³-hybridized carbons (Fsp3) is 0.923. The van der Waals surface area contributed by atoms with Gasteiger partial charge in [-0.25, -0.2) is 0 Å². The molecule has 0 aromatic carbocycles. The Morgan fingerprint density at radius 2 is 0.846 bits per heavy atom. The predicted octanol–water partition coefficient (Wildman–Crippen LogP) is 10.0. The lowest BCUT2D eigenvalue weighted by Gasteiger charge is -2.16. The lowest BCUT2D eigenvalue weighted by atomic mass is 9.90. The summed E-state index contributed by atoms with van der Waals surface area (Å²) in [4.78, 5) is 0. The van der Waals surface area contributed by atoms with Crippen LogP contribution in [0.1, 0.15) is 149 Å². The zero-order valence-corrected chi connectivity index (χ0v) is 18.9. The summed E-state index contributed by atoms with van der Waals surface area (Å²) < 4.78 is 0. The van der Waals surface area contributed by atoms with Crippen molar-refractivity contribution in [2.45, 2.75) is 149 Å². The van der Waals surface area contributed by atoms with Gasteiger partial charge >= 0.3 is 0 Å². The molecule has 0 heteroatoms. The van der Waals surface area contributed by atoms with Gasteiger partial charge in [-0.2, -0.15) is 0 Å². The summed E-state index contributed by atoms with van der Waals surface area (Å²) in [7, 11) is 0. The van der Waals surface area contributed by atoms with Gasteiger partial charge in [-0.3, -0.25) is 0 Å². The second kappa shape index (κ2) is 22.8. The molecule has 0 spiro atoms. The maximum Gasteiger partial charge on any atom is -0.0351 e. The van der Waals surface area contributed by atoms with Crippen molar-refractivity contribution >= 4 is 0 Å². The number of rotatable bonds is 21. The summed E-state index contributed by atoms with van der Waals surface area (Å²) in [6, 6.07) is 0. The summed E-state index contributed by atoms with van der Waals surface area (Å²) in [6.45, 7) is 6.90. The van der Waals surface area contributed by atoms with E-state index in [2.05, 4.69) is 32.9 Å². The molecule has 0 aliphatic carbocycles. The monoisotopic (exact) mass is 364 g/mol. The zero-order chi connectivity index (χ0) is 19.1. The molecule has 0 rings (SSSR count). The molecule has 156 valence electrons. The van der Waals surface area contributed by atoms with Crippen LogP contribution in [0.15, 0.2) is 12.2 Å². The van der Waals surface area contributed by atoms with Gasteiger partial charge in [-0.15, -0.1) is 0 Å². The second-order valence-electron chi connectivity index (χ2n) is 8.52. The second-order valence-corrected chi connectivity index (χ2v) is 8.52. The van der Waals surface area contributed by atoms with Gasteiger partial charge in [-0.1, -0.05) is 142 Å². The molecule has 0 nitrogen and oxygen atoms in total. The van der Waals surface area contributed by atoms with Crippen LogP contribution in [0, 0.1) is 5.92 Å². The summed E-state index contributed by atoms with van der Waals surface area (Å²) in [5.74, 6) is 1.02. The summed E-state index contributed by atoms with van der Waals surface area (Å²) in [6.07, 6.45) is 33.4. The van der Waals surface area contributed by atoms with Crippen LogP contribution in [0.25, 0.3) is 0 Å². The number of allylic oxidation sites excluding steroid dienone is 2. The molecule has 0 heterocycles. The Balaban J connectivity index is 3.68. The molecule has 26 heavy (non-hydrogen) atoms. The first kappa shape index (κ1) is 25.7. The maximum absolute atomic E-state index is 2.41. The van der Waals surface area contributed by atoms with Gasteiger partial charge in [0.25, 0.3) is 0 Å². The van der Waals surface area contributed by atoms with E-state index in [1.165, 1.54) is 128 Å². The molecule has 0 saturated heterocycles. The number of hydrogen-bond donors (Lipinski definition) is 0. The van der Waals surface area contributed by atoms with Crippen molar-refractivity contribution in [1.29, 1.82) is 0 Å². The molecule has 0 fully saturated rings. The summed E-state index contributed by atoms with van der Waals surface area (Å²) in [5, 5.41) is 0. The van der Waals surface area contributed by atoms with Crippen LogP contribution in [0.5, 0.6) is 0 Å². The fourth-order valence-corrected chi connectivity index (χ4v) is 3.96. The lowest BCUT2D eigenvalue weighted by molar-refractivity contribution is 0.371. The van der Waals surface area contributed by atoms with Gasteiger partial charge in [0, 0.05) is 0 Å². The molecule has 0 amide bonds. The van der Waals surface area contributed by atoms with Crippen molar-refractivity contribution in [3.8, 4) is 0 Å². The van der Waals surface area contributed by atoms with E-state index in [1.807, 2.05) is 0 Å². The van der Waals surface area contributed by atoms with Gasteiger partial charge in [-0.05, 0) is 25.2 Å². The minimum Gasteiger partial charge on any atom is -0.0885 e. The minimum atomic E-state index is 1.02. The lowest BCUT2D eigenvalue weighted by Crippen LogP contribution is -2.01. The van der Waals surface area contributed by atoms with Crippen molar-refractivity contribution in [2.75, 3.05) is 0 Å². The van der Waals surface area contributed by atoms with Gasteiger partial charge in [0.2, 0.25) is 0 Å².